The fraction of sp³-hybridized carbons (Fsp3) is 0.833. The molecule has 9 heavy (non-hydrogen) atoms. The second kappa shape index (κ2) is 5.41. The standard InChI is InChI=1S/C5H13N3.CH4/c1-6-5(7-2)8(3)4;/h1-4H3,(H,6,7);1H4. The molecule has 0 atom stereocenters. The lowest BCUT2D eigenvalue weighted by Gasteiger charge is -2.12. The molecule has 0 aliphatic heterocycles. The lowest BCUT2D eigenvalue weighted by atomic mass is 10.8. The average molecular weight is 131 g/mol. The zero-order valence-electron chi connectivity index (χ0n) is 5.89. The van der Waals surface area contributed by atoms with Gasteiger partial charge >= 0.3 is 0 Å². The van der Waals surface area contributed by atoms with Crippen LogP contribution in [0.2, 0.25) is 0 Å². The Balaban J connectivity index is 0. The molecule has 0 rings (SSSR count). The largest absolute Gasteiger partial charge is 0.359 e. The number of rotatable bonds is 0. The summed E-state index contributed by atoms with van der Waals surface area (Å²) in [7, 11) is 7.49. The highest BCUT2D eigenvalue weighted by molar-refractivity contribution is 5.78. The summed E-state index contributed by atoms with van der Waals surface area (Å²) in [6.07, 6.45) is 0. The molecule has 0 fully saturated rings. The van der Waals surface area contributed by atoms with Gasteiger partial charge in [0.25, 0.3) is 0 Å². The Morgan fingerprint density at radius 1 is 1.44 bits per heavy atom. The van der Waals surface area contributed by atoms with Gasteiger partial charge in [0.15, 0.2) is 5.96 Å². The van der Waals surface area contributed by atoms with Gasteiger partial charge < -0.3 is 10.2 Å². The predicted molar refractivity (Wildman–Crippen MR) is 42.8 cm³/mol. The van der Waals surface area contributed by atoms with E-state index in [1.165, 1.54) is 0 Å². The molecule has 0 aliphatic rings. The molecular weight excluding hydrogens is 114 g/mol. The first kappa shape index (κ1) is 11.1. The molecule has 0 aromatic heterocycles. The summed E-state index contributed by atoms with van der Waals surface area (Å²) in [5.74, 6) is 0.894. The van der Waals surface area contributed by atoms with Crippen molar-refractivity contribution in [3.63, 3.8) is 0 Å². The van der Waals surface area contributed by atoms with Gasteiger partial charge in [0.1, 0.15) is 0 Å². The second-order valence-electron chi connectivity index (χ2n) is 1.69. The number of guanidine groups is 1. The van der Waals surface area contributed by atoms with Gasteiger partial charge in [0, 0.05) is 28.2 Å². The van der Waals surface area contributed by atoms with E-state index >= 15 is 0 Å². The fourth-order valence-corrected chi connectivity index (χ4v) is 0.535. The van der Waals surface area contributed by atoms with E-state index in [1.54, 1.807) is 7.05 Å². The van der Waals surface area contributed by atoms with Crippen LogP contribution in [0.1, 0.15) is 7.43 Å². The molecule has 0 heterocycles. The molecule has 0 aromatic carbocycles. The smallest absolute Gasteiger partial charge is 0.192 e. The molecule has 0 aromatic rings. The summed E-state index contributed by atoms with van der Waals surface area (Å²) in [5.41, 5.74) is 0. The lowest BCUT2D eigenvalue weighted by Crippen LogP contribution is -2.33. The van der Waals surface area contributed by atoms with Gasteiger partial charge in [-0.15, -0.1) is 0 Å². The average Bonchev–Trinajstić information content (AvgIpc) is 1.69. The molecule has 0 spiro atoms. The normalized spacial score (nSPS) is 10.0. The highest BCUT2D eigenvalue weighted by Gasteiger charge is 1.91. The van der Waals surface area contributed by atoms with Crippen molar-refractivity contribution in [1.29, 1.82) is 0 Å². The van der Waals surface area contributed by atoms with E-state index in [0.717, 1.165) is 5.96 Å². The zero-order valence-corrected chi connectivity index (χ0v) is 5.89. The molecule has 0 saturated carbocycles. The minimum Gasteiger partial charge on any atom is -0.359 e. The summed E-state index contributed by atoms with van der Waals surface area (Å²) in [4.78, 5) is 5.85. The van der Waals surface area contributed by atoms with Gasteiger partial charge in [-0.2, -0.15) is 0 Å². The monoisotopic (exact) mass is 131 g/mol. The molecule has 1 N–H and O–H groups in total. The van der Waals surface area contributed by atoms with Crippen LogP contribution in [0, 0.1) is 0 Å². The summed E-state index contributed by atoms with van der Waals surface area (Å²) in [5, 5.41) is 2.93. The molecule has 3 heteroatoms. The van der Waals surface area contributed by atoms with Crippen molar-refractivity contribution < 1.29 is 0 Å². The van der Waals surface area contributed by atoms with Gasteiger partial charge in [-0.1, -0.05) is 7.43 Å². The first-order valence-electron chi connectivity index (χ1n) is 2.54. The van der Waals surface area contributed by atoms with Crippen molar-refractivity contribution >= 4 is 5.96 Å². The summed E-state index contributed by atoms with van der Waals surface area (Å²) < 4.78 is 0. The van der Waals surface area contributed by atoms with Crippen molar-refractivity contribution in [2.24, 2.45) is 4.99 Å². The maximum atomic E-state index is 3.94. The first-order chi connectivity index (χ1) is 3.72. The quantitative estimate of drug-likeness (QED) is 0.380. The first-order valence-corrected chi connectivity index (χ1v) is 2.54. The van der Waals surface area contributed by atoms with Crippen molar-refractivity contribution in [3.05, 3.63) is 0 Å². The van der Waals surface area contributed by atoms with Crippen LogP contribution < -0.4 is 5.32 Å². The minimum atomic E-state index is 0. The number of nitrogens with zero attached hydrogens (tertiary/aromatic N) is 2. The van der Waals surface area contributed by atoms with Crippen LogP contribution in [-0.4, -0.2) is 39.1 Å². The molecule has 0 aliphatic carbocycles. The molecule has 56 valence electrons. The zero-order chi connectivity index (χ0) is 6.57. The third kappa shape index (κ3) is 3.82. The highest BCUT2D eigenvalue weighted by Crippen LogP contribution is 1.73. The van der Waals surface area contributed by atoms with Gasteiger partial charge in [-0.3, -0.25) is 4.99 Å². The topological polar surface area (TPSA) is 27.6 Å². The summed E-state index contributed by atoms with van der Waals surface area (Å²) in [6, 6.07) is 0. The maximum absolute atomic E-state index is 3.94. The van der Waals surface area contributed by atoms with Gasteiger partial charge in [-0.05, 0) is 0 Å². The highest BCUT2D eigenvalue weighted by atomic mass is 15.2. The van der Waals surface area contributed by atoms with Crippen molar-refractivity contribution in [2.45, 2.75) is 7.43 Å². The minimum absolute atomic E-state index is 0. The molecule has 0 unspecified atom stereocenters. The third-order valence-electron chi connectivity index (χ3n) is 0.859. The Morgan fingerprint density at radius 3 is 1.89 bits per heavy atom. The van der Waals surface area contributed by atoms with E-state index in [1.807, 2.05) is 26.0 Å². The van der Waals surface area contributed by atoms with Crippen LogP contribution in [0.4, 0.5) is 0 Å². The van der Waals surface area contributed by atoms with E-state index in [4.69, 9.17) is 0 Å². The maximum Gasteiger partial charge on any atom is 0.192 e. The second-order valence-corrected chi connectivity index (χ2v) is 1.69. The van der Waals surface area contributed by atoms with Gasteiger partial charge in [-0.25, -0.2) is 0 Å². The van der Waals surface area contributed by atoms with Crippen LogP contribution in [-0.2, 0) is 0 Å². The van der Waals surface area contributed by atoms with Crippen LogP contribution in [0.3, 0.4) is 0 Å². The Morgan fingerprint density at radius 2 is 1.89 bits per heavy atom. The van der Waals surface area contributed by atoms with Crippen molar-refractivity contribution in [2.75, 3.05) is 28.2 Å². The van der Waals surface area contributed by atoms with E-state index < -0.39 is 0 Å². The SMILES string of the molecule is C.CN=C(NC)N(C)C. The Hall–Kier alpha value is -0.730. The number of aliphatic imine (C=N–C) groups is 1. The van der Waals surface area contributed by atoms with Gasteiger partial charge in [0.05, 0.1) is 0 Å². The van der Waals surface area contributed by atoms with Crippen LogP contribution >= 0.6 is 0 Å². The Kier molecular flexibility index (Phi) is 6.68. The third-order valence-corrected chi connectivity index (χ3v) is 0.859. The van der Waals surface area contributed by atoms with Crippen molar-refractivity contribution in [3.8, 4) is 0 Å². The molecule has 0 amide bonds. The molecular formula is C6H17N3. The summed E-state index contributed by atoms with van der Waals surface area (Å²) >= 11 is 0. The predicted octanol–water partition coefficient (Wildman–Crippen LogP) is 0.389. The van der Waals surface area contributed by atoms with Crippen LogP contribution in [0.15, 0.2) is 4.99 Å². The lowest BCUT2D eigenvalue weighted by molar-refractivity contribution is 0.596. The fourth-order valence-electron chi connectivity index (χ4n) is 0.535. The van der Waals surface area contributed by atoms with E-state index in [-0.39, 0.29) is 7.43 Å². The molecule has 0 bridgehead atoms. The van der Waals surface area contributed by atoms with E-state index in [9.17, 15) is 0 Å². The Bertz CT molecular complexity index is 86.3. The van der Waals surface area contributed by atoms with Crippen LogP contribution in [0.25, 0.3) is 0 Å². The van der Waals surface area contributed by atoms with Crippen molar-refractivity contribution in [1.82, 2.24) is 10.2 Å². The molecule has 3 nitrogen and oxygen atoms in total. The number of hydrogen-bond donors (Lipinski definition) is 1. The molecule has 0 radical (unpaired) electrons. The van der Waals surface area contributed by atoms with E-state index in [2.05, 4.69) is 10.3 Å². The number of hydrogen-bond acceptors (Lipinski definition) is 1. The molecule has 0 saturated heterocycles. The summed E-state index contributed by atoms with van der Waals surface area (Å²) in [6.45, 7) is 0. The van der Waals surface area contributed by atoms with E-state index in [0.29, 0.717) is 0 Å². The van der Waals surface area contributed by atoms with Crippen LogP contribution in [0.5, 0.6) is 0 Å². The van der Waals surface area contributed by atoms with Gasteiger partial charge in [0.2, 0.25) is 0 Å². The number of nitrogens with one attached hydrogen (secondary N) is 1. The Labute approximate surface area is 57.8 Å².